The molecule has 0 unspecified atom stereocenters. The lowest BCUT2D eigenvalue weighted by Crippen LogP contribution is -2.39. The number of carbonyl (C=O) groups excluding carboxylic acids is 1. The molecule has 1 aromatic rings. The van der Waals surface area contributed by atoms with Crippen LogP contribution in [-0.4, -0.2) is 24.7 Å². The van der Waals surface area contributed by atoms with E-state index < -0.39 is 0 Å². The van der Waals surface area contributed by atoms with Crippen molar-refractivity contribution in [2.24, 2.45) is 0 Å². The van der Waals surface area contributed by atoms with Crippen LogP contribution < -0.4 is 5.32 Å². The number of hydrogen-bond donors (Lipinski definition) is 1. The van der Waals surface area contributed by atoms with E-state index in [0.29, 0.717) is 6.54 Å². The SMILES string of the molecule is COC(=O)NCC1(c2ccccn2)CCCC1. The fourth-order valence-corrected chi connectivity index (χ4v) is 2.57. The van der Waals surface area contributed by atoms with Gasteiger partial charge in [0, 0.05) is 23.9 Å². The minimum Gasteiger partial charge on any atom is -0.453 e. The number of alkyl carbamates (subject to hydrolysis) is 1. The summed E-state index contributed by atoms with van der Waals surface area (Å²) in [6.07, 6.45) is 5.99. The minimum atomic E-state index is -0.368. The molecular weight excluding hydrogens is 216 g/mol. The number of pyridine rings is 1. The van der Waals surface area contributed by atoms with Gasteiger partial charge < -0.3 is 10.1 Å². The summed E-state index contributed by atoms with van der Waals surface area (Å²) in [4.78, 5) is 15.6. The van der Waals surface area contributed by atoms with E-state index in [-0.39, 0.29) is 11.5 Å². The molecule has 1 amide bonds. The number of aromatic nitrogens is 1. The van der Waals surface area contributed by atoms with Gasteiger partial charge in [-0.15, -0.1) is 0 Å². The number of hydrogen-bond acceptors (Lipinski definition) is 3. The molecule has 0 atom stereocenters. The molecule has 1 aromatic heterocycles. The maximum Gasteiger partial charge on any atom is 0.406 e. The Hall–Kier alpha value is -1.58. The van der Waals surface area contributed by atoms with Gasteiger partial charge in [0.2, 0.25) is 0 Å². The van der Waals surface area contributed by atoms with Gasteiger partial charge in [-0.3, -0.25) is 4.98 Å². The van der Waals surface area contributed by atoms with Crippen LogP contribution >= 0.6 is 0 Å². The van der Waals surface area contributed by atoms with Crippen molar-refractivity contribution in [2.45, 2.75) is 31.1 Å². The number of nitrogens with one attached hydrogen (secondary N) is 1. The monoisotopic (exact) mass is 234 g/mol. The van der Waals surface area contributed by atoms with E-state index >= 15 is 0 Å². The molecule has 0 aliphatic heterocycles. The molecular formula is C13H18N2O2. The molecule has 0 saturated heterocycles. The Morgan fingerprint density at radius 2 is 2.24 bits per heavy atom. The average Bonchev–Trinajstić information content (AvgIpc) is 2.87. The quantitative estimate of drug-likeness (QED) is 0.872. The van der Waals surface area contributed by atoms with E-state index in [9.17, 15) is 4.79 Å². The number of ether oxygens (including phenoxy) is 1. The van der Waals surface area contributed by atoms with Crippen molar-refractivity contribution in [2.75, 3.05) is 13.7 Å². The highest BCUT2D eigenvalue weighted by Gasteiger charge is 2.37. The molecule has 2 rings (SSSR count). The lowest BCUT2D eigenvalue weighted by Gasteiger charge is -2.28. The van der Waals surface area contributed by atoms with E-state index in [1.54, 1.807) is 0 Å². The molecule has 0 spiro atoms. The van der Waals surface area contributed by atoms with Crippen molar-refractivity contribution in [3.8, 4) is 0 Å². The van der Waals surface area contributed by atoms with Gasteiger partial charge in [-0.05, 0) is 25.0 Å². The molecule has 1 aliphatic carbocycles. The Balaban J connectivity index is 2.13. The molecule has 1 fully saturated rings. The van der Waals surface area contributed by atoms with Crippen molar-refractivity contribution in [1.82, 2.24) is 10.3 Å². The van der Waals surface area contributed by atoms with Gasteiger partial charge in [-0.25, -0.2) is 4.79 Å². The van der Waals surface area contributed by atoms with Crippen LogP contribution in [0, 0.1) is 0 Å². The van der Waals surface area contributed by atoms with E-state index in [0.717, 1.165) is 18.5 Å². The maximum atomic E-state index is 11.2. The molecule has 1 heterocycles. The molecule has 4 heteroatoms. The first-order valence-corrected chi connectivity index (χ1v) is 6.00. The first-order chi connectivity index (χ1) is 8.27. The summed E-state index contributed by atoms with van der Waals surface area (Å²) in [5, 5.41) is 2.81. The molecule has 92 valence electrons. The van der Waals surface area contributed by atoms with Gasteiger partial charge >= 0.3 is 6.09 Å². The van der Waals surface area contributed by atoms with Gasteiger partial charge in [0.25, 0.3) is 0 Å². The fourth-order valence-electron chi connectivity index (χ4n) is 2.57. The zero-order valence-electron chi connectivity index (χ0n) is 10.1. The van der Waals surface area contributed by atoms with Gasteiger partial charge in [-0.2, -0.15) is 0 Å². The molecule has 0 bridgehead atoms. The lowest BCUT2D eigenvalue weighted by atomic mass is 9.82. The number of methoxy groups -OCH3 is 1. The number of nitrogens with zero attached hydrogens (tertiary/aromatic N) is 1. The van der Waals surface area contributed by atoms with E-state index in [2.05, 4.69) is 15.0 Å². The van der Waals surface area contributed by atoms with Crippen molar-refractivity contribution in [1.29, 1.82) is 0 Å². The predicted octanol–water partition coefficient (Wildman–Crippen LogP) is 2.25. The van der Waals surface area contributed by atoms with Crippen molar-refractivity contribution in [3.05, 3.63) is 30.1 Å². The van der Waals surface area contributed by atoms with Crippen molar-refractivity contribution >= 4 is 6.09 Å². The Bertz CT molecular complexity index is 372. The first kappa shape index (κ1) is 11.9. The summed E-state index contributed by atoms with van der Waals surface area (Å²) >= 11 is 0. The highest BCUT2D eigenvalue weighted by Crippen LogP contribution is 2.39. The summed E-state index contributed by atoms with van der Waals surface area (Å²) in [6, 6.07) is 5.96. The number of rotatable bonds is 3. The summed E-state index contributed by atoms with van der Waals surface area (Å²) in [5.41, 5.74) is 1.07. The van der Waals surface area contributed by atoms with E-state index in [4.69, 9.17) is 0 Å². The van der Waals surface area contributed by atoms with Crippen LogP contribution in [0.25, 0.3) is 0 Å². The van der Waals surface area contributed by atoms with Crippen LogP contribution in [0.4, 0.5) is 4.79 Å². The van der Waals surface area contributed by atoms with Crippen LogP contribution in [-0.2, 0) is 10.2 Å². The van der Waals surface area contributed by atoms with E-state index in [1.807, 2.05) is 24.4 Å². The predicted molar refractivity (Wildman–Crippen MR) is 64.8 cm³/mol. The molecule has 0 aromatic carbocycles. The Kier molecular flexibility index (Phi) is 3.61. The van der Waals surface area contributed by atoms with Crippen molar-refractivity contribution in [3.63, 3.8) is 0 Å². The molecule has 1 saturated carbocycles. The summed E-state index contributed by atoms with van der Waals surface area (Å²) in [5.74, 6) is 0. The third-order valence-corrected chi connectivity index (χ3v) is 3.53. The molecule has 1 aliphatic rings. The molecule has 1 N–H and O–H groups in total. The van der Waals surface area contributed by atoms with Crippen LogP contribution in [0.1, 0.15) is 31.4 Å². The topological polar surface area (TPSA) is 51.2 Å². The highest BCUT2D eigenvalue weighted by atomic mass is 16.5. The molecule has 17 heavy (non-hydrogen) atoms. The maximum absolute atomic E-state index is 11.2. The Morgan fingerprint density at radius 1 is 1.47 bits per heavy atom. The van der Waals surface area contributed by atoms with Crippen LogP contribution in [0.15, 0.2) is 24.4 Å². The zero-order valence-corrected chi connectivity index (χ0v) is 10.1. The average molecular weight is 234 g/mol. The summed E-state index contributed by atoms with van der Waals surface area (Å²) < 4.78 is 4.62. The Morgan fingerprint density at radius 3 is 2.82 bits per heavy atom. The van der Waals surface area contributed by atoms with Gasteiger partial charge in [0.1, 0.15) is 0 Å². The largest absolute Gasteiger partial charge is 0.453 e. The normalized spacial score (nSPS) is 17.7. The molecule has 4 nitrogen and oxygen atoms in total. The van der Waals surface area contributed by atoms with E-state index in [1.165, 1.54) is 20.0 Å². The van der Waals surface area contributed by atoms with Gasteiger partial charge in [-0.1, -0.05) is 18.9 Å². The Labute approximate surface area is 101 Å². The third-order valence-electron chi connectivity index (χ3n) is 3.53. The molecule has 0 radical (unpaired) electrons. The summed E-state index contributed by atoms with van der Waals surface area (Å²) in [6.45, 7) is 0.608. The highest BCUT2D eigenvalue weighted by molar-refractivity contribution is 5.67. The second-order valence-corrected chi connectivity index (χ2v) is 4.55. The van der Waals surface area contributed by atoms with Crippen LogP contribution in [0.3, 0.4) is 0 Å². The first-order valence-electron chi connectivity index (χ1n) is 6.00. The van der Waals surface area contributed by atoms with Crippen molar-refractivity contribution < 1.29 is 9.53 Å². The second kappa shape index (κ2) is 5.17. The zero-order chi connectivity index (χ0) is 12.1. The van der Waals surface area contributed by atoms with Gasteiger partial charge in [0.15, 0.2) is 0 Å². The third kappa shape index (κ3) is 2.57. The number of carbonyl (C=O) groups is 1. The minimum absolute atomic E-state index is 0.00451. The fraction of sp³-hybridized carbons (Fsp3) is 0.538. The standard InChI is InChI=1S/C13H18N2O2/c1-17-12(16)15-10-13(7-3-4-8-13)11-6-2-5-9-14-11/h2,5-6,9H,3-4,7-8,10H2,1H3,(H,15,16). The lowest BCUT2D eigenvalue weighted by molar-refractivity contribution is 0.167. The summed E-state index contributed by atoms with van der Waals surface area (Å²) in [7, 11) is 1.39. The van der Waals surface area contributed by atoms with Gasteiger partial charge in [0.05, 0.1) is 7.11 Å². The second-order valence-electron chi connectivity index (χ2n) is 4.55. The van der Waals surface area contributed by atoms with Crippen LogP contribution in [0.5, 0.6) is 0 Å². The van der Waals surface area contributed by atoms with Crippen LogP contribution in [0.2, 0.25) is 0 Å². The smallest absolute Gasteiger partial charge is 0.406 e. The number of amides is 1.